The molecule has 1 aromatic carbocycles. The van der Waals surface area contributed by atoms with Gasteiger partial charge in [0.05, 0.1) is 23.5 Å². The predicted molar refractivity (Wildman–Crippen MR) is 119 cm³/mol. The van der Waals surface area contributed by atoms with E-state index in [0.29, 0.717) is 6.42 Å². The zero-order chi connectivity index (χ0) is 23.6. The highest BCUT2D eigenvalue weighted by Crippen LogP contribution is 2.25. The summed E-state index contributed by atoms with van der Waals surface area (Å²) >= 11 is 5.84. The molecule has 3 rings (SSSR count). The number of likely N-dealkylation sites (tertiary alicyclic amines) is 1. The minimum absolute atomic E-state index is 0.00586. The van der Waals surface area contributed by atoms with Crippen LogP contribution in [0.3, 0.4) is 0 Å². The van der Waals surface area contributed by atoms with Gasteiger partial charge in [-0.05, 0) is 50.6 Å². The largest absolute Gasteiger partial charge is 0.608 e. The number of urea groups is 1. The maximum atomic E-state index is 14.0. The number of carbonyl (C=O) groups excluding carboxylic acids is 1. The van der Waals surface area contributed by atoms with Crippen molar-refractivity contribution in [3.63, 3.8) is 0 Å². The first kappa shape index (κ1) is 24.4. The Morgan fingerprint density at radius 2 is 2.16 bits per heavy atom. The lowest BCUT2D eigenvalue weighted by Crippen LogP contribution is -3.14. The molecule has 1 aliphatic heterocycles. The van der Waals surface area contributed by atoms with E-state index in [1.165, 1.54) is 23.1 Å². The number of hydroxylamine groups is 1. The SMILES string of the molecule is CCc1cc(NC(=O)[NH+]([O-])S(=O)(=O)N(CC2CCCN2C)c2cnn(C)c2)cc(Cl)c1F. The molecular weight excluding hydrogens is 463 g/mol. The van der Waals surface area contributed by atoms with Crippen LogP contribution in [-0.4, -0.2) is 55.3 Å². The van der Waals surface area contributed by atoms with Gasteiger partial charge in [0.1, 0.15) is 5.82 Å². The van der Waals surface area contributed by atoms with E-state index in [1.54, 1.807) is 14.0 Å². The highest BCUT2D eigenvalue weighted by molar-refractivity contribution is 7.86. The fraction of sp³-hybridized carbons (Fsp3) is 0.474. The molecule has 2 N–H and O–H groups in total. The van der Waals surface area contributed by atoms with Crippen molar-refractivity contribution in [2.24, 2.45) is 7.05 Å². The molecule has 2 amide bonds. The van der Waals surface area contributed by atoms with Crippen molar-refractivity contribution in [2.45, 2.75) is 32.2 Å². The van der Waals surface area contributed by atoms with Crippen LogP contribution in [0.15, 0.2) is 24.5 Å². The first-order chi connectivity index (χ1) is 15.0. The standard InChI is InChI=1S/C19H26ClFN6O4S/c1-4-13-8-14(9-17(20)18(13)21)23-19(28)27(29)32(30,31)26(16-10-22-25(3)11-16)12-15-6-5-7-24(15)2/h8-11,15,27H,4-7,12H2,1-3H3,(H,23,28). The van der Waals surface area contributed by atoms with Crippen LogP contribution < -0.4 is 14.1 Å². The fourth-order valence-electron chi connectivity index (χ4n) is 3.66. The van der Waals surface area contributed by atoms with Crippen LogP contribution in [0.25, 0.3) is 0 Å². The zero-order valence-corrected chi connectivity index (χ0v) is 19.6. The van der Waals surface area contributed by atoms with E-state index in [-0.39, 0.29) is 34.5 Å². The lowest BCUT2D eigenvalue weighted by Gasteiger charge is -2.31. The Kier molecular flexibility index (Phi) is 7.40. The molecule has 0 saturated carbocycles. The number of halogens is 2. The summed E-state index contributed by atoms with van der Waals surface area (Å²) in [5, 5.41) is 18.7. The summed E-state index contributed by atoms with van der Waals surface area (Å²) < 4.78 is 41.0. The first-order valence-corrected chi connectivity index (χ1v) is 11.9. The average molecular weight is 489 g/mol. The number of anilines is 2. The number of amides is 2. The topological polar surface area (TPSA) is 115 Å². The smallest absolute Gasteiger partial charge is 0.436 e. The zero-order valence-electron chi connectivity index (χ0n) is 18.0. The van der Waals surface area contributed by atoms with Gasteiger partial charge in [-0.1, -0.05) is 18.5 Å². The minimum Gasteiger partial charge on any atom is -0.608 e. The number of quaternary nitrogens is 1. The number of benzene rings is 1. The maximum absolute atomic E-state index is 14.0. The van der Waals surface area contributed by atoms with Crippen molar-refractivity contribution in [3.8, 4) is 0 Å². The number of aryl methyl sites for hydroxylation is 2. The maximum Gasteiger partial charge on any atom is 0.436 e. The Labute approximate surface area is 191 Å². The van der Waals surface area contributed by atoms with Gasteiger partial charge in [0, 0.05) is 25.0 Å². The Morgan fingerprint density at radius 1 is 1.44 bits per heavy atom. The number of carbonyl (C=O) groups is 1. The molecule has 1 aromatic heterocycles. The second kappa shape index (κ2) is 9.71. The van der Waals surface area contributed by atoms with Crippen molar-refractivity contribution >= 4 is 39.2 Å². The van der Waals surface area contributed by atoms with E-state index < -0.39 is 26.5 Å². The number of nitrogens with zero attached hydrogens (tertiary/aromatic N) is 4. The Hall–Kier alpha value is -2.25. The van der Waals surface area contributed by atoms with Crippen LogP contribution in [0.1, 0.15) is 25.3 Å². The molecule has 2 unspecified atom stereocenters. The van der Waals surface area contributed by atoms with Crippen LogP contribution in [0.2, 0.25) is 5.02 Å². The van der Waals surface area contributed by atoms with Gasteiger partial charge in [0.25, 0.3) is 0 Å². The Bertz CT molecular complexity index is 1100. The van der Waals surface area contributed by atoms with Crippen LogP contribution in [0, 0.1) is 11.0 Å². The van der Waals surface area contributed by atoms with Crippen LogP contribution in [-0.2, 0) is 23.7 Å². The lowest BCUT2D eigenvalue weighted by atomic mass is 10.1. The third kappa shape index (κ3) is 5.04. The highest BCUT2D eigenvalue weighted by atomic mass is 35.5. The summed E-state index contributed by atoms with van der Waals surface area (Å²) in [6, 6.07) is 0.971. The third-order valence-corrected chi connectivity index (χ3v) is 7.35. The van der Waals surface area contributed by atoms with Gasteiger partial charge in [-0.15, -0.1) is 0 Å². The Balaban J connectivity index is 1.86. The number of hydrogen-bond acceptors (Lipinski definition) is 6. The van der Waals surface area contributed by atoms with Gasteiger partial charge in [-0.25, -0.2) is 13.5 Å². The third-order valence-electron chi connectivity index (χ3n) is 5.48. The number of rotatable bonds is 7. The van der Waals surface area contributed by atoms with Crippen molar-refractivity contribution in [3.05, 3.63) is 46.1 Å². The number of aromatic nitrogens is 2. The summed E-state index contributed by atoms with van der Waals surface area (Å²) in [7, 11) is -1.21. The first-order valence-electron chi connectivity index (χ1n) is 10.1. The summed E-state index contributed by atoms with van der Waals surface area (Å²) in [6.07, 6.45) is 4.75. The lowest BCUT2D eigenvalue weighted by molar-refractivity contribution is -0.604. The molecule has 0 radical (unpaired) electrons. The second-order valence-electron chi connectivity index (χ2n) is 7.71. The van der Waals surface area contributed by atoms with Gasteiger partial charge in [0.15, 0.2) is 0 Å². The van der Waals surface area contributed by atoms with Crippen molar-refractivity contribution < 1.29 is 22.1 Å². The summed E-state index contributed by atoms with van der Waals surface area (Å²) in [5.41, 5.74) is 0.446. The molecule has 32 heavy (non-hydrogen) atoms. The molecule has 1 aliphatic rings. The van der Waals surface area contributed by atoms with Gasteiger partial charge in [-0.2, -0.15) is 18.0 Å². The molecule has 2 aromatic rings. The van der Waals surface area contributed by atoms with Crippen molar-refractivity contribution in [1.29, 1.82) is 0 Å². The highest BCUT2D eigenvalue weighted by Gasteiger charge is 2.37. The molecule has 1 saturated heterocycles. The normalized spacial score (nSPS) is 18.0. The van der Waals surface area contributed by atoms with Gasteiger partial charge in [0.2, 0.25) is 0 Å². The fourth-order valence-corrected chi connectivity index (χ4v) is 5.12. The Morgan fingerprint density at radius 3 is 2.72 bits per heavy atom. The van der Waals surface area contributed by atoms with Gasteiger partial charge >= 0.3 is 16.2 Å². The van der Waals surface area contributed by atoms with Crippen LogP contribution in [0.4, 0.5) is 20.6 Å². The van der Waals surface area contributed by atoms with E-state index in [4.69, 9.17) is 11.6 Å². The molecule has 1 fully saturated rings. The van der Waals surface area contributed by atoms with Crippen LogP contribution >= 0.6 is 11.6 Å². The molecule has 176 valence electrons. The van der Waals surface area contributed by atoms with E-state index >= 15 is 0 Å². The molecule has 0 aliphatic carbocycles. The van der Waals surface area contributed by atoms with Crippen molar-refractivity contribution in [1.82, 2.24) is 14.7 Å². The number of likely N-dealkylation sites (N-methyl/N-ethyl adjacent to an activating group) is 1. The van der Waals surface area contributed by atoms with Gasteiger partial charge in [-0.3, -0.25) is 10.00 Å². The molecule has 13 heteroatoms. The quantitative estimate of drug-likeness (QED) is 0.571. The molecule has 2 atom stereocenters. The number of nitrogens with one attached hydrogen (secondary N) is 2. The molecule has 0 bridgehead atoms. The molecule has 2 heterocycles. The van der Waals surface area contributed by atoms with E-state index in [9.17, 15) is 22.8 Å². The van der Waals surface area contributed by atoms with Crippen LogP contribution in [0.5, 0.6) is 0 Å². The van der Waals surface area contributed by atoms with Gasteiger partial charge < -0.3 is 10.1 Å². The molecule has 10 nitrogen and oxygen atoms in total. The second-order valence-corrected chi connectivity index (χ2v) is 9.88. The monoisotopic (exact) mass is 488 g/mol. The summed E-state index contributed by atoms with van der Waals surface area (Å²) in [5.74, 6) is -0.630. The predicted octanol–water partition coefficient (Wildman–Crippen LogP) is 1.54. The van der Waals surface area contributed by atoms with Crippen molar-refractivity contribution in [2.75, 3.05) is 29.8 Å². The van der Waals surface area contributed by atoms with E-state index in [2.05, 4.69) is 10.4 Å². The van der Waals surface area contributed by atoms with E-state index in [0.717, 1.165) is 29.8 Å². The van der Waals surface area contributed by atoms with E-state index in [1.807, 2.05) is 11.9 Å². The minimum atomic E-state index is -4.71. The molecule has 0 spiro atoms. The average Bonchev–Trinajstić information content (AvgIpc) is 3.35. The summed E-state index contributed by atoms with van der Waals surface area (Å²) in [4.78, 5) is 14.6. The number of hydrogen-bond donors (Lipinski definition) is 2. The molecular formula is C19H26ClFN6O4S. The summed E-state index contributed by atoms with van der Waals surface area (Å²) in [6.45, 7) is 2.51.